The van der Waals surface area contributed by atoms with Crippen molar-refractivity contribution >= 4 is 11.8 Å². The Hall–Kier alpha value is -1.86. The summed E-state index contributed by atoms with van der Waals surface area (Å²) in [6, 6.07) is 3.17. The molecule has 2 rings (SSSR count). The number of hydrogen-bond donors (Lipinski definition) is 2. The number of nitrogens with one attached hydrogen (secondary N) is 2. The molecule has 0 saturated carbocycles. The van der Waals surface area contributed by atoms with Crippen molar-refractivity contribution < 1.29 is 18.7 Å². The first-order valence-corrected chi connectivity index (χ1v) is 6.64. The molecular weight excluding hydrogens is 262 g/mol. The number of amides is 2. The quantitative estimate of drug-likeness (QED) is 0.731. The van der Waals surface area contributed by atoms with Crippen LogP contribution in [0.2, 0.25) is 0 Å². The molecule has 1 saturated heterocycles. The molecule has 7 heteroatoms. The van der Waals surface area contributed by atoms with Crippen LogP contribution in [0.4, 0.5) is 0 Å². The van der Waals surface area contributed by atoms with Gasteiger partial charge in [0.05, 0.1) is 26.0 Å². The highest BCUT2D eigenvalue weighted by Gasteiger charge is 2.12. The molecule has 1 aliphatic heterocycles. The average Bonchev–Trinajstić information content (AvgIpc) is 3.00. The molecule has 2 amide bonds. The Bertz CT molecular complexity index is 427. The largest absolute Gasteiger partial charge is 0.459 e. The molecule has 0 aromatic carbocycles. The topological polar surface area (TPSA) is 83.8 Å². The molecule has 2 N–H and O–H groups in total. The summed E-state index contributed by atoms with van der Waals surface area (Å²) in [6.07, 6.45) is 1.41. The average molecular weight is 281 g/mol. The van der Waals surface area contributed by atoms with Crippen molar-refractivity contribution in [2.24, 2.45) is 0 Å². The number of carbonyl (C=O) groups excluding carboxylic acids is 2. The lowest BCUT2D eigenvalue weighted by atomic mass is 10.4. The molecule has 1 fully saturated rings. The summed E-state index contributed by atoms with van der Waals surface area (Å²) in [7, 11) is 0. The summed E-state index contributed by atoms with van der Waals surface area (Å²) in [4.78, 5) is 25.3. The first kappa shape index (κ1) is 14.5. The van der Waals surface area contributed by atoms with Gasteiger partial charge in [-0.1, -0.05) is 0 Å². The fourth-order valence-corrected chi connectivity index (χ4v) is 1.90. The van der Waals surface area contributed by atoms with Crippen molar-refractivity contribution in [2.45, 2.75) is 0 Å². The third-order valence-corrected chi connectivity index (χ3v) is 3.01. The second-order valence-electron chi connectivity index (χ2n) is 4.46. The van der Waals surface area contributed by atoms with Gasteiger partial charge in [-0.25, -0.2) is 0 Å². The zero-order chi connectivity index (χ0) is 14.2. The molecule has 1 aromatic rings. The van der Waals surface area contributed by atoms with Crippen LogP contribution in [0.15, 0.2) is 22.8 Å². The van der Waals surface area contributed by atoms with E-state index >= 15 is 0 Å². The van der Waals surface area contributed by atoms with E-state index in [1.165, 1.54) is 6.26 Å². The van der Waals surface area contributed by atoms with Crippen LogP contribution in [0.25, 0.3) is 0 Å². The molecule has 1 aliphatic rings. The second-order valence-corrected chi connectivity index (χ2v) is 4.46. The number of hydrogen-bond acceptors (Lipinski definition) is 5. The van der Waals surface area contributed by atoms with Gasteiger partial charge in [0.25, 0.3) is 5.91 Å². The highest BCUT2D eigenvalue weighted by atomic mass is 16.5. The summed E-state index contributed by atoms with van der Waals surface area (Å²) < 4.78 is 10.2. The Morgan fingerprint density at radius 1 is 1.25 bits per heavy atom. The maximum absolute atomic E-state index is 11.6. The third-order valence-electron chi connectivity index (χ3n) is 3.01. The minimum Gasteiger partial charge on any atom is -0.459 e. The van der Waals surface area contributed by atoms with E-state index in [0.29, 0.717) is 6.54 Å². The van der Waals surface area contributed by atoms with Crippen LogP contribution < -0.4 is 10.6 Å². The van der Waals surface area contributed by atoms with Crippen LogP contribution in [-0.4, -0.2) is 62.7 Å². The van der Waals surface area contributed by atoms with E-state index in [4.69, 9.17) is 9.15 Å². The van der Waals surface area contributed by atoms with Gasteiger partial charge < -0.3 is 19.8 Å². The molecule has 7 nitrogen and oxygen atoms in total. The Kier molecular flexibility index (Phi) is 5.57. The van der Waals surface area contributed by atoms with E-state index in [9.17, 15) is 9.59 Å². The summed E-state index contributed by atoms with van der Waals surface area (Å²) in [5.74, 6) is -0.400. The van der Waals surface area contributed by atoms with Crippen LogP contribution in [0.3, 0.4) is 0 Å². The maximum Gasteiger partial charge on any atom is 0.287 e. The molecule has 0 radical (unpaired) electrons. The monoisotopic (exact) mass is 281 g/mol. The van der Waals surface area contributed by atoms with Gasteiger partial charge in [-0.05, 0) is 12.1 Å². The maximum atomic E-state index is 11.6. The highest BCUT2D eigenvalue weighted by Crippen LogP contribution is 1.98. The van der Waals surface area contributed by atoms with Gasteiger partial charge in [0, 0.05) is 26.2 Å². The van der Waals surface area contributed by atoms with E-state index in [1.54, 1.807) is 12.1 Å². The molecule has 0 bridgehead atoms. The van der Waals surface area contributed by atoms with E-state index < -0.39 is 5.91 Å². The van der Waals surface area contributed by atoms with Crippen molar-refractivity contribution in [1.29, 1.82) is 0 Å². The molecule has 110 valence electrons. The minimum atomic E-state index is -0.390. The van der Waals surface area contributed by atoms with Crippen LogP contribution in [0.5, 0.6) is 0 Å². The van der Waals surface area contributed by atoms with Crippen LogP contribution >= 0.6 is 0 Å². The lowest BCUT2D eigenvalue weighted by molar-refractivity contribution is -0.120. The Labute approximate surface area is 117 Å². The van der Waals surface area contributed by atoms with Gasteiger partial charge >= 0.3 is 0 Å². The van der Waals surface area contributed by atoms with E-state index in [2.05, 4.69) is 15.5 Å². The number of rotatable bonds is 6. The van der Waals surface area contributed by atoms with Crippen molar-refractivity contribution in [3.8, 4) is 0 Å². The fraction of sp³-hybridized carbons (Fsp3) is 0.538. The lowest BCUT2D eigenvalue weighted by Gasteiger charge is -2.26. The zero-order valence-electron chi connectivity index (χ0n) is 11.3. The molecule has 2 heterocycles. The van der Waals surface area contributed by atoms with Gasteiger partial charge in [0.15, 0.2) is 5.76 Å². The number of ether oxygens (including phenoxy) is 1. The predicted octanol–water partition coefficient (Wildman–Crippen LogP) is -0.542. The number of nitrogens with zero attached hydrogens (tertiary/aromatic N) is 1. The lowest BCUT2D eigenvalue weighted by Crippen LogP contribution is -2.43. The first-order chi connectivity index (χ1) is 9.75. The SMILES string of the molecule is O=C(CNC(=O)c1ccco1)NCCN1CCOCC1. The molecule has 0 aliphatic carbocycles. The first-order valence-electron chi connectivity index (χ1n) is 6.64. The summed E-state index contributed by atoms with van der Waals surface area (Å²) >= 11 is 0. The highest BCUT2D eigenvalue weighted by molar-refractivity contribution is 5.94. The number of furan rings is 1. The number of carbonyl (C=O) groups is 2. The molecule has 20 heavy (non-hydrogen) atoms. The fourth-order valence-electron chi connectivity index (χ4n) is 1.90. The van der Waals surface area contributed by atoms with Crippen molar-refractivity contribution in [3.63, 3.8) is 0 Å². The normalized spacial score (nSPS) is 15.8. The van der Waals surface area contributed by atoms with Gasteiger partial charge in [-0.2, -0.15) is 0 Å². The van der Waals surface area contributed by atoms with Gasteiger partial charge in [-0.3, -0.25) is 14.5 Å². The molecular formula is C13H19N3O4. The molecule has 1 aromatic heterocycles. The molecule has 0 atom stereocenters. The van der Waals surface area contributed by atoms with Crippen LogP contribution in [-0.2, 0) is 9.53 Å². The van der Waals surface area contributed by atoms with E-state index in [1.807, 2.05) is 0 Å². The van der Waals surface area contributed by atoms with E-state index in [-0.39, 0.29) is 18.2 Å². The van der Waals surface area contributed by atoms with Gasteiger partial charge in [0.1, 0.15) is 0 Å². The van der Waals surface area contributed by atoms with Crippen molar-refractivity contribution in [1.82, 2.24) is 15.5 Å². The third kappa shape index (κ3) is 4.67. The molecule has 0 unspecified atom stereocenters. The van der Waals surface area contributed by atoms with Crippen LogP contribution in [0, 0.1) is 0 Å². The summed E-state index contributed by atoms with van der Waals surface area (Å²) in [6.45, 7) is 4.58. The Balaban J connectivity index is 1.57. The van der Waals surface area contributed by atoms with E-state index in [0.717, 1.165) is 32.8 Å². The standard InChI is InChI=1S/C13H19N3O4/c17-12(10-15-13(18)11-2-1-7-20-11)14-3-4-16-5-8-19-9-6-16/h1-2,7H,3-6,8-10H2,(H,14,17)(H,15,18). The van der Waals surface area contributed by atoms with Crippen LogP contribution in [0.1, 0.15) is 10.6 Å². The smallest absolute Gasteiger partial charge is 0.287 e. The molecule has 0 spiro atoms. The Morgan fingerprint density at radius 2 is 2.05 bits per heavy atom. The second kappa shape index (κ2) is 7.66. The van der Waals surface area contributed by atoms with Crippen molar-refractivity contribution in [3.05, 3.63) is 24.2 Å². The van der Waals surface area contributed by atoms with Crippen molar-refractivity contribution in [2.75, 3.05) is 45.9 Å². The summed E-state index contributed by atoms with van der Waals surface area (Å²) in [5, 5.41) is 5.26. The number of morpholine rings is 1. The zero-order valence-corrected chi connectivity index (χ0v) is 11.3. The Morgan fingerprint density at radius 3 is 2.75 bits per heavy atom. The summed E-state index contributed by atoms with van der Waals surface area (Å²) in [5.41, 5.74) is 0. The minimum absolute atomic E-state index is 0.0529. The van der Waals surface area contributed by atoms with Gasteiger partial charge in [-0.15, -0.1) is 0 Å². The van der Waals surface area contributed by atoms with Gasteiger partial charge in [0.2, 0.25) is 5.91 Å². The predicted molar refractivity (Wildman–Crippen MR) is 71.3 cm³/mol.